The van der Waals surface area contributed by atoms with Gasteiger partial charge in [-0.25, -0.2) is 0 Å². The maximum absolute atomic E-state index is 2.77. The zero-order valence-corrected chi connectivity index (χ0v) is 43.3. The molecule has 0 N–H and O–H groups in total. The van der Waals surface area contributed by atoms with Crippen LogP contribution in [0.15, 0.2) is 133 Å². The highest BCUT2D eigenvalue weighted by Crippen LogP contribution is 2.59. The summed E-state index contributed by atoms with van der Waals surface area (Å²) in [7, 11) is 0. The van der Waals surface area contributed by atoms with Crippen LogP contribution in [0.3, 0.4) is 0 Å². The Balaban J connectivity index is 1.09. The third-order valence-corrected chi connectivity index (χ3v) is 19.7. The Morgan fingerprint density at radius 3 is 1.96 bits per heavy atom. The summed E-state index contributed by atoms with van der Waals surface area (Å²) in [4.78, 5) is 2.77. The number of hydrogen-bond acceptors (Lipinski definition) is 2. The lowest BCUT2D eigenvalue weighted by Gasteiger charge is -2.42. The SMILES string of the molecule is CC(C)(C)c1ccc(N2B3c4cc5sc6ccccc6c5cc4-n4c5ccc6c(c5c5ccc(c3c54)-c3cc4c(cc32)C(C)(C)c2cc3c(cc2-4)C(C)(C)CCC3(C)C)-c2ccccc2C6(C)C)cc1. The lowest BCUT2D eigenvalue weighted by atomic mass is 9.44. The second-order valence-corrected chi connectivity index (χ2v) is 26.2. The molecule has 0 saturated carbocycles. The Hall–Kier alpha value is -6.36. The van der Waals surface area contributed by atoms with E-state index in [-0.39, 0.29) is 33.9 Å². The van der Waals surface area contributed by atoms with Crippen LogP contribution in [0.25, 0.3) is 81.0 Å². The third-order valence-electron chi connectivity index (χ3n) is 18.6. The van der Waals surface area contributed by atoms with Gasteiger partial charge in [0.05, 0.1) is 11.0 Å². The van der Waals surface area contributed by atoms with Gasteiger partial charge >= 0.3 is 6.85 Å². The predicted octanol–water partition coefficient (Wildman–Crippen LogP) is 16.6. The van der Waals surface area contributed by atoms with Crippen molar-refractivity contribution >= 4 is 82.5 Å². The Morgan fingerprint density at radius 2 is 1.19 bits per heavy atom. The number of rotatable bonds is 1. The Kier molecular flexibility index (Phi) is 7.66. The van der Waals surface area contributed by atoms with Gasteiger partial charge in [0, 0.05) is 64.4 Å². The van der Waals surface area contributed by atoms with Crippen LogP contribution in [0.4, 0.5) is 11.4 Å². The van der Waals surface area contributed by atoms with Crippen molar-refractivity contribution in [2.75, 3.05) is 4.81 Å². The van der Waals surface area contributed by atoms with E-state index in [4.69, 9.17) is 0 Å². The zero-order chi connectivity index (χ0) is 47.9. The van der Waals surface area contributed by atoms with Gasteiger partial charge in [-0.1, -0.05) is 155 Å². The molecule has 5 aliphatic rings. The molecule has 2 aliphatic heterocycles. The second kappa shape index (κ2) is 12.9. The van der Waals surface area contributed by atoms with Crippen molar-refractivity contribution < 1.29 is 0 Å². The van der Waals surface area contributed by atoms with Crippen LogP contribution in [0, 0.1) is 0 Å². The molecule has 0 saturated heterocycles. The number of anilines is 2. The molecule has 8 aromatic carbocycles. The second-order valence-electron chi connectivity index (χ2n) is 25.1. The van der Waals surface area contributed by atoms with Crippen molar-refractivity contribution in [1.29, 1.82) is 0 Å². The van der Waals surface area contributed by atoms with Gasteiger partial charge in [0.15, 0.2) is 0 Å². The van der Waals surface area contributed by atoms with Gasteiger partial charge in [0.1, 0.15) is 0 Å². The first-order valence-electron chi connectivity index (χ1n) is 25.8. The lowest BCUT2D eigenvalue weighted by Crippen LogP contribution is -2.60. The van der Waals surface area contributed by atoms with E-state index in [0.29, 0.717) is 0 Å². The van der Waals surface area contributed by atoms with E-state index in [1.54, 1.807) is 5.56 Å². The minimum Gasteiger partial charge on any atom is -0.376 e. The number of fused-ring (bicyclic) bond motifs is 19. The van der Waals surface area contributed by atoms with E-state index in [1.165, 1.54) is 150 Å². The molecule has 0 radical (unpaired) electrons. The molecule has 2 nitrogen and oxygen atoms in total. The summed E-state index contributed by atoms with van der Waals surface area (Å²) in [5.41, 5.74) is 27.7. The maximum atomic E-state index is 2.77. The van der Waals surface area contributed by atoms with Crippen LogP contribution < -0.4 is 15.7 Å². The average Bonchev–Trinajstić information content (AvgIpc) is 4.01. The quantitative estimate of drug-likeness (QED) is 0.149. The largest absolute Gasteiger partial charge is 0.376 e. The predicted molar refractivity (Wildman–Crippen MR) is 302 cm³/mol. The number of benzene rings is 8. The van der Waals surface area contributed by atoms with Crippen LogP contribution in [-0.4, -0.2) is 11.4 Å². The molecule has 4 heteroatoms. The molecule has 0 atom stereocenters. The van der Waals surface area contributed by atoms with Gasteiger partial charge in [-0.3, -0.25) is 0 Å². The Bertz CT molecular complexity index is 4050. The fourth-order valence-electron chi connectivity index (χ4n) is 14.6. The van der Waals surface area contributed by atoms with E-state index < -0.39 is 0 Å². The first kappa shape index (κ1) is 41.4. The molecule has 342 valence electrons. The Morgan fingerprint density at radius 1 is 0.500 bits per heavy atom. The summed E-state index contributed by atoms with van der Waals surface area (Å²) in [6.45, 7) is 26.6. The molecule has 0 unspecified atom stereocenters. The molecule has 0 amide bonds. The van der Waals surface area contributed by atoms with Crippen molar-refractivity contribution in [2.24, 2.45) is 0 Å². The number of aromatic nitrogens is 1. The highest BCUT2D eigenvalue weighted by molar-refractivity contribution is 7.26. The first-order valence-corrected chi connectivity index (χ1v) is 26.6. The summed E-state index contributed by atoms with van der Waals surface area (Å²) in [6.07, 6.45) is 2.41. The maximum Gasteiger partial charge on any atom is 0.333 e. The van der Waals surface area contributed by atoms with Crippen LogP contribution in [0.1, 0.15) is 128 Å². The molecule has 15 rings (SSSR count). The fourth-order valence-corrected chi connectivity index (χ4v) is 15.7. The minimum atomic E-state index is -0.178. The van der Waals surface area contributed by atoms with E-state index in [0.717, 1.165) is 0 Å². The summed E-state index contributed by atoms with van der Waals surface area (Å²) >= 11 is 1.94. The van der Waals surface area contributed by atoms with Gasteiger partial charge in [-0.2, -0.15) is 0 Å². The number of nitrogens with zero attached hydrogens (tertiary/aromatic N) is 2. The van der Waals surface area contributed by atoms with Crippen LogP contribution in [0.5, 0.6) is 0 Å². The summed E-state index contributed by atoms with van der Waals surface area (Å²) in [6, 6.07) is 53.5. The van der Waals surface area contributed by atoms with Gasteiger partial charge in [-0.05, 0) is 161 Å². The van der Waals surface area contributed by atoms with Gasteiger partial charge in [0.25, 0.3) is 0 Å². The molecule has 0 spiro atoms. The van der Waals surface area contributed by atoms with E-state index >= 15 is 0 Å². The Labute approximate surface area is 417 Å². The highest BCUT2D eigenvalue weighted by atomic mass is 32.1. The molecule has 70 heavy (non-hydrogen) atoms. The van der Waals surface area contributed by atoms with Crippen LogP contribution >= 0.6 is 11.3 Å². The number of hydrogen-bond donors (Lipinski definition) is 0. The minimum absolute atomic E-state index is 0.0363. The molecule has 2 aromatic heterocycles. The zero-order valence-electron chi connectivity index (χ0n) is 42.5. The van der Waals surface area contributed by atoms with E-state index in [9.17, 15) is 0 Å². The summed E-state index contributed by atoms with van der Waals surface area (Å²) in [5.74, 6) is 0. The average molecular weight is 923 g/mol. The fraction of sp³-hybridized carbons (Fsp3) is 0.273. The smallest absolute Gasteiger partial charge is 0.333 e. The molecule has 3 aliphatic carbocycles. The third kappa shape index (κ3) is 5.01. The molecule has 0 fully saturated rings. The summed E-state index contributed by atoms with van der Waals surface area (Å²) < 4.78 is 5.38. The van der Waals surface area contributed by atoms with Crippen LogP contribution in [-0.2, 0) is 27.1 Å². The van der Waals surface area contributed by atoms with E-state index in [1.807, 2.05) is 11.3 Å². The lowest BCUT2D eigenvalue weighted by molar-refractivity contribution is 0.331. The van der Waals surface area contributed by atoms with Crippen molar-refractivity contribution in [2.45, 2.75) is 116 Å². The number of thiophene rings is 1. The van der Waals surface area contributed by atoms with Crippen LogP contribution in [0.2, 0.25) is 0 Å². The first-order chi connectivity index (χ1) is 33.3. The normalized spacial score (nSPS) is 17.9. The summed E-state index contributed by atoms with van der Waals surface area (Å²) in [5, 5.41) is 5.40. The van der Waals surface area contributed by atoms with Gasteiger partial charge in [-0.15, -0.1) is 11.3 Å². The van der Waals surface area contributed by atoms with E-state index in [2.05, 4.69) is 219 Å². The molecular weight excluding hydrogens is 864 g/mol. The highest BCUT2D eigenvalue weighted by Gasteiger charge is 2.48. The van der Waals surface area contributed by atoms with Gasteiger partial charge in [0.2, 0.25) is 0 Å². The molecule has 0 bridgehead atoms. The van der Waals surface area contributed by atoms with Crippen molar-refractivity contribution in [3.63, 3.8) is 0 Å². The molecule has 4 heterocycles. The monoisotopic (exact) mass is 922 g/mol. The molecular formula is C66H59BN2S. The van der Waals surface area contributed by atoms with Gasteiger partial charge < -0.3 is 9.38 Å². The van der Waals surface area contributed by atoms with Crippen molar-refractivity contribution in [3.8, 4) is 39.1 Å². The molecule has 10 aromatic rings. The van der Waals surface area contributed by atoms with Crippen molar-refractivity contribution in [3.05, 3.63) is 172 Å². The topological polar surface area (TPSA) is 8.17 Å². The van der Waals surface area contributed by atoms with Crippen molar-refractivity contribution in [1.82, 2.24) is 4.57 Å². The standard InChI is InChI=1S/C66H59BN2S/c1-62(2,3)36-20-22-37(23-21-36)69-54-34-49-42(43-31-50-51(33-48(43)66(49,10)11)64(6,7)29-28-63(50,4)5)30-44(54)39-24-25-41-59-53(27-26-47-58(59)40-17-12-14-18-46(40)65(47,8)9)68-55-32-45-38-16-13-15-19-56(38)70-57(45)35-52(55)67(69)60(39)61(41)68/h12-27,30-35H,28-29H2,1-11H3.